The Balaban J connectivity index is 2.31. The molecule has 0 bridgehead atoms. The van der Waals surface area contributed by atoms with Crippen molar-refractivity contribution in [3.8, 4) is 0 Å². The van der Waals surface area contributed by atoms with E-state index in [4.69, 9.17) is 5.11 Å². The van der Waals surface area contributed by atoms with Crippen LogP contribution in [0.1, 0.15) is 32.6 Å². The van der Waals surface area contributed by atoms with Crippen molar-refractivity contribution in [2.24, 2.45) is 5.92 Å². The number of amides is 1. The third-order valence-electron chi connectivity index (χ3n) is 3.03. The van der Waals surface area contributed by atoms with Gasteiger partial charge in [-0.3, -0.25) is 4.79 Å². The first-order valence-corrected chi connectivity index (χ1v) is 5.89. The fourth-order valence-electron chi connectivity index (χ4n) is 1.94. The molecule has 1 heterocycles. The van der Waals surface area contributed by atoms with Crippen LogP contribution in [0.15, 0.2) is 0 Å². The number of piperidine rings is 1. The zero-order valence-corrected chi connectivity index (χ0v) is 9.46. The lowest BCUT2D eigenvalue weighted by atomic mass is 9.96. The molecule has 0 aromatic rings. The van der Waals surface area contributed by atoms with Crippen molar-refractivity contribution in [2.45, 2.75) is 38.6 Å². The van der Waals surface area contributed by atoms with Gasteiger partial charge in [0.25, 0.3) is 0 Å². The van der Waals surface area contributed by atoms with Crippen LogP contribution in [-0.4, -0.2) is 36.8 Å². The van der Waals surface area contributed by atoms with Crippen LogP contribution in [0.4, 0.5) is 0 Å². The van der Waals surface area contributed by atoms with Crippen molar-refractivity contribution in [2.75, 3.05) is 19.7 Å². The number of carbonyl (C=O) groups is 1. The lowest BCUT2D eigenvalue weighted by Crippen LogP contribution is -2.42. The van der Waals surface area contributed by atoms with Crippen molar-refractivity contribution >= 4 is 5.91 Å². The number of rotatable bonds is 5. The molecule has 4 nitrogen and oxygen atoms in total. The van der Waals surface area contributed by atoms with Crippen molar-refractivity contribution in [1.29, 1.82) is 0 Å². The molecule has 1 atom stereocenters. The molecule has 0 aliphatic carbocycles. The summed E-state index contributed by atoms with van der Waals surface area (Å²) >= 11 is 0. The molecule has 1 rings (SSSR count). The highest BCUT2D eigenvalue weighted by atomic mass is 16.3. The molecule has 4 heteroatoms. The van der Waals surface area contributed by atoms with Gasteiger partial charge < -0.3 is 15.7 Å². The Kier molecular flexibility index (Phi) is 5.65. The SMILES string of the molecule is CCC(CCO)NC(=O)C1CCNCC1. The van der Waals surface area contributed by atoms with E-state index in [2.05, 4.69) is 10.6 Å². The first-order chi connectivity index (χ1) is 7.27. The molecule has 88 valence electrons. The van der Waals surface area contributed by atoms with Crippen molar-refractivity contribution in [1.82, 2.24) is 10.6 Å². The van der Waals surface area contributed by atoms with Crippen LogP contribution in [0, 0.1) is 5.92 Å². The summed E-state index contributed by atoms with van der Waals surface area (Å²) in [5, 5.41) is 15.1. The number of carbonyl (C=O) groups excluding carboxylic acids is 1. The molecule has 0 radical (unpaired) electrons. The number of hydrogen-bond donors (Lipinski definition) is 3. The first-order valence-electron chi connectivity index (χ1n) is 5.89. The summed E-state index contributed by atoms with van der Waals surface area (Å²) in [7, 11) is 0. The lowest BCUT2D eigenvalue weighted by Gasteiger charge is -2.24. The van der Waals surface area contributed by atoms with Crippen LogP contribution in [0.3, 0.4) is 0 Å². The monoisotopic (exact) mass is 214 g/mol. The maximum atomic E-state index is 11.8. The Morgan fingerprint density at radius 3 is 2.73 bits per heavy atom. The second kappa shape index (κ2) is 6.80. The molecule has 3 N–H and O–H groups in total. The van der Waals surface area contributed by atoms with E-state index >= 15 is 0 Å². The van der Waals surface area contributed by atoms with Gasteiger partial charge >= 0.3 is 0 Å². The number of hydrogen-bond acceptors (Lipinski definition) is 3. The van der Waals surface area contributed by atoms with Gasteiger partial charge in [-0.1, -0.05) is 6.92 Å². The summed E-state index contributed by atoms with van der Waals surface area (Å²) in [6.45, 7) is 4.05. The molecule has 15 heavy (non-hydrogen) atoms. The normalized spacial score (nSPS) is 19.9. The van der Waals surface area contributed by atoms with E-state index in [0.29, 0.717) is 6.42 Å². The van der Waals surface area contributed by atoms with Gasteiger partial charge in [0.05, 0.1) is 0 Å². The van der Waals surface area contributed by atoms with Gasteiger partial charge in [-0.2, -0.15) is 0 Å². The molecule has 0 spiro atoms. The minimum atomic E-state index is 0.136. The zero-order valence-electron chi connectivity index (χ0n) is 9.46. The molecule has 1 amide bonds. The summed E-state index contributed by atoms with van der Waals surface area (Å²) < 4.78 is 0. The molecule has 1 saturated heterocycles. The van der Waals surface area contributed by atoms with E-state index in [9.17, 15) is 4.79 Å². The second-order valence-electron chi connectivity index (χ2n) is 4.15. The maximum Gasteiger partial charge on any atom is 0.223 e. The quantitative estimate of drug-likeness (QED) is 0.615. The average Bonchev–Trinajstić information content (AvgIpc) is 2.29. The Hall–Kier alpha value is -0.610. The number of nitrogens with one attached hydrogen (secondary N) is 2. The van der Waals surface area contributed by atoms with Crippen LogP contribution in [0.5, 0.6) is 0 Å². The molecule has 0 saturated carbocycles. The van der Waals surface area contributed by atoms with E-state index in [-0.39, 0.29) is 24.5 Å². The molecular formula is C11H22N2O2. The predicted octanol–water partition coefficient (Wildman–Crippen LogP) is 0.263. The lowest BCUT2D eigenvalue weighted by molar-refractivity contribution is -0.126. The zero-order chi connectivity index (χ0) is 11.1. The van der Waals surface area contributed by atoms with Gasteiger partial charge in [-0.25, -0.2) is 0 Å². The Morgan fingerprint density at radius 2 is 2.20 bits per heavy atom. The summed E-state index contributed by atoms with van der Waals surface area (Å²) in [6.07, 6.45) is 3.41. The largest absolute Gasteiger partial charge is 0.396 e. The Bertz CT molecular complexity index is 191. The summed E-state index contributed by atoms with van der Waals surface area (Å²) in [5.41, 5.74) is 0. The van der Waals surface area contributed by atoms with Crippen molar-refractivity contribution < 1.29 is 9.90 Å². The van der Waals surface area contributed by atoms with Gasteiger partial charge in [0.1, 0.15) is 0 Å². The highest BCUT2D eigenvalue weighted by Gasteiger charge is 2.22. The fourth-order valence-corrected chi connectivity index (χ4v) is 1.94. The minimum absolute atomic E-state index is 0.136. The summed E-state index contributed by atoms with van der Waals surface area (Å²) in [5.74, 6) is 0.329. The van der Waals surface area contributed by atoms with Crippen LogP contribution in [0.2, 0.25) is 0 Å². The fraction of sp³-hybridized carbons (Fsp3) is 0.909. The molecule has 0 aromatic carbocycles. The van der Waals surface area contributed by atoms with E-state index in [0.717, 1.165) is 32.4 Å². The smallest absolute Gasteiger partial charge is 0.223 e. The minimum Gasteiger partial charge on any atom is -0.396 e. The van der Waals surface area contributed by atoms with Gasteiger partial charge in [0.15, 0.2) is 0 Å². The van der Waals surface area contributed by atoms with Crippen molar-refractivity contribution in [3.05, 3.63) is 0 Å². The second-order valence-corrected chi connectivity index (χ2v) is 4.15. The van der Waals surface area contributed by atoms with Gasteiger partial charge in [-0.15, -0.1) is 0 Å². The van der Waals surface area contributed by atoms with Crippen LogP contribution in [0.25, 0.3) is 0 Å². The van der Waals surface area contributed by atoms with Gasteiger partial charge in [-0.05, 0) is 38.8 Å². The predicted molar refractivity (Wildman–Crippen MR) is 59.5 cm³/mol. The van der Waals surface area contributed by atoms with Gasteiger partial charge in [0.2, 0.25) is 5.91 Å². The highest BCUT2D eigenvalue weighted by Crippen LogP contribution is 2.12. The molecule has 1 fully saturated rings. The first kappa shape index (κ1) is 12.5. The summed E-state index contributed by atoms with van der Waals surface area (Å²) in [4.78, 5) is 11.8. The number of aliphatic hydroxyl groups is 1. The van der Waals surface area contributed by atoms with Crippen LogP contribution >= 0.6 is 0 Å². The molecule has 1 aliphatic rings. The van der Waals surface area contributed by atoms with Crippen LogP contribution < -0.4 is 10.6 Å². The molecule has 1 aliphatic heterocycles. The average molecular weight is 214 g/mol. The molecule has 1 unspecified atom stereocenters. The third kappa shape index (κ3) is 4.18. The topological polar surface area (TPSA) is 61.4 Å². The van der Waals surface area contributed by atoms with E-state index in [1.807, 2.05) is 6.92 Å². The molecular weight excluding hydrogens is 192 g/mol. The Labute approximate surface area is 91.4 Å². The third-order valence-corrected chi connectivity index (χ3v) is 3.03. The van der Waals surface area contributed by atoms with E-state index < -0.39 is 0 Å². The van der Waals surface area contributed by atoms with Gasteiger partial charge in [0, 0.05) is 18.6 Å². The van der Waals surface area contributed by atoms with Crippen LogP contribution in [-0.2, 0) is 4.79 Å². The van der Waals surface area contributed by atoms with Crippen molar-refractivity contribution in [3.63, 3.8) is 0 Å². The highest BCUT2D eigenvalue weighted by molar-refractivity contribution is 5.79. The number of aliphatic hydroxyl groups excluding tert-OH is 1. The summed E-state index contributed by atoms with van der Waals surface area (Å²) in [6, 6.07) is 0.136. The standard InChI is InChI=1S/C11H22N2O2/c1-2-10(5-8-14)13-11(15)9-3-6-12-7-4-9/h9-10,12,14H,2-8H2,1H3,(H,13,15). The van der Waals surface area contributed by atoms with E-state index in [1.54, 1.807) is 0 Å². The maximum absolute atomic E-state index is 11.8. The molecule has 0 aromatic heterocycles. The Morgan fingerprint density at radius 1 is 1.53 bits per heavy atom. The van der Waals surface area contributed by atoms with E-state index in [1.165, 1.54) is 0 Å².